The molecule has 28 heavy (non-hydrogen) atoms. The molecule has 2 aromatic carbocycles. The van der Waals surface area contributed by atoms with E-state index < -0.39 is 0 Å². The van der Waals surface area contributed by atoms with Crippen LogP contribution in [0.15, 0.2) is 36.4 Å². The number of phenolic OH excluding ortho intramolecular Hbond substituents is 1. The van der Waals surface area contributed by atoms with Crippen LogP contribution in [0.2, 0.25) is 0 Å². The van der Waals surface area contributed by atoms with Gasteiger partial charge in [0, 0.05) is 29.9 Å². The number of benzene rings is 2. The number of carbonyl (C=O) groups excluding carboxylic acids is 1. The summed E-state index contributed by atoms with van der Waals surface area (Å²) in [6.45, 7) is 0.641. The normalized spacial score (nSPS) is 15.8. The summed E-state index contributed by atoms with van der Waals surface area (Å²) in [5, 5.41) is 10.6. The molecule has 2 aromatic rings. The number of unbranched alkanes of at least 4 members (excludes halogenated alkanes) is 1. The molecule has 1 aliphatic rings. The molecule has 0 spiro atoms. The van der Waals surface area contributed by atoms with Crippen LogP contribution in [0.3, 0.4) is 0 Å². The van der Waals surface area contributed by atoms with Gasteiger partial charge in [0.1, 0.15) is 17.2 Å². The maximum atomic E-state index is 13.1. The van der Waals surface area contributed by atoms with E-state index in [1.165, 1.54) is 0 Å². The molecule has 0 bridgehead atoms. The van der Waals surface area contributed by atoms with Gasteiger partial charge in [-0.25, -0.2) is 0 Å². The predicted molar refractivity (Wildman–Crippen MR) is 113 cm³/mol. The number of methoxy groups -OCH3 is 2. The average Bonchev–Trinajstić information content (AvgIpc) is 2.72. The second-order valence-electron chi connectivity index (χ2n) is 6.88. The fourth-order valence-electron chi connectivity index (χ4n) is 3.77. The fourth-order valence-corrected chi connectivity index (χ4v) is 4.17. The van der Waals surface area contributed by atoms with Gasteiger partial charge < -0.3 is 19.5 Å². The van der Waals surface area contributed by atoms with Crippen molar-refractivity contribution in [2.24, 2.45) is 0 Å². The molecule has 0 radical (unpaired) electrons. The second-order valence-corrected chi connectivity index (χ2v) is 7.67. The highest BCUT2D eigenvalue weighted by molar-refractivity contribution is 9.09. The lowest BCUT2D eigenvalue weighted by Crippen LogP contribution is -2.40. The SMILES string of the molecule is COc1cc2c(c(OC)c1)C(c1ccc(O)cc1)N(C(=O)CCCCBr)CC2. The number of hydrogen-bond acceptors (Lipinski definition) is 4. The Hall–Kier alpha value is -2.21. The molecule has 3 rings (SSSR count). The van der Waals surface area contributed by atoms with Crippen LogP contribution in [0.5, 0.6) is 17.2 Å². The van der Waals surface area contributed by atoms with Gasteiger partial charge >= 0.3 is 0 Å². The molecule has 1 amide bonds. The zero-order valence-corrected chi connectivity index (χ0v) is 17.9. The number of fused-ring (bicyclic) bond motifs is 1. The van der Waals surface area contributed by atoms with Gasteiger partial charge in [0.25, 0.3) is 0 Å². The predicted octanol–water partition coefficient (Wildman–Crippen LogP) is 4.45. The Balaban J connectivity index is 2.06. The van der Waals surface area contributed by atoms with E-state index in [-0.39, 0.29) is 17.7 Å². The summed E-state index contributed by atoms with van der Waals surface area (Å²) in [6, 6.07) is 10.7. The van der Waals surface area contributed by atoms with Gasteiger partial charge in [-0.2, -0.15) is 0 Å². The number of alkyl halides is 1. The van der Waals surface area contributed by atoms with Crippen LogP contribution in [0.25, 0.3) is 0 Å². The van der Waals surface area contributed by atoms with Gasteiger partial charge in [0.05, 0.1) is 20.3 Å². The number of nitrogens with zero attached hydrogens (tertiary/aromatic N) is 1. The number of hydrogen-bond donors (Lipinski definition) is 1. The van der Waals surface area contributed by atoms with Crippen molar-refractivity contribution in [1.29, 1.82) is 0 Å². The number of rotatable bonds is 7. The van der Waals surface area contributed by atoms with Crippen LogP contribution >= 0.6 is 15.9 Å². The monoisotopic (exact) mass is 447 g/mol. The second kappa shape index (κ2) is 9.32. The third kappa shape index (κ3) is 4.27. The lowest BCUT2D eigenvalue weighted by molar-refractivity contribution is -0.133. The topological polar surface area (TPSA) is 59.0 Å². The van der Waals surface area contributed by atoms with Crippen molar-refractivity contribution in [3.63, 3.8) is 0 Å². The minimum absolute atomic E-state index is 0.141. The molecule has 5 nitrogen and oxygen atoms in total. The Bertz CT molecular complexity index is 805. The molecule has 0 saturated carbocycles. The van der Waals surface area contributed by atoms with Gasteiger partial charge in [0.2, 0.25) is 5.91 Å². The number of halogens is 1. The molecule has 1 N–H and O–H groups in total. The van der Waals surface area contributed by atoms with E-state index in [0.29, 0.717) is 18.7 Å². The minimum Gasteiger partial charge on any atom is -0.508 e. The number of ether oxygens (including phenoxy) is 2. The molecule has 0 fully saturated rings. The summed E-state index contributed by atoms with van der Waals surface area (Å²) in [6.07, 6.45) is 3.10. The molecule has 150 valence electrons. The van der Waals surface area contributed by atoms with E-state index in [0.717, 1.165) is 47.0 Å². The van der Waals surface area contributed by atoms with Crippen LogP contribution in [-0.2, 0) is 11.2 Å². The summed E-state index contributed by atoms with van der Waals surface area (Å²) in [7, 11) is 3.28. The van der Waals surface area contributed by atoms with E-state index in [2.05, 4.69) is 15.9 Å². The number of carbonyl (C=O) groups is 1. The van der Waals surface area contributed by atoms with Crippen LogP contribution in [0, 0.1) is 0 Å². The average molecular weight is 448 g/mol. The molecule has 0 saturated heterocycles. The van der Waals surface area contributed by atoms with Gasteiger partial charge in [-0.15, -0.1) is 0 Å². The third-order valence-corrected chi connectivity index (χ3v) is 5.73. The minimum atomic E-state index is -0.248. The number of phenols is 1. The Morgan fingerprint density at radius 3 is 2.57 bits per heavy atom. The molecule has 1 aliphatic heterocycles. The zero-order valence-electron chi connectivity index (χ0n) is 16.3. The maximum Gasteiger partial charge on any atom is 0.223 e. The number of amides is 1. The van der Waals surface area contributed by atoms with Crippen molar-refractivity contribution in [3.8, 4) is 17.2 Å². The van der Waals surface area contributed by atoms with E-state index in [1.807, 2.05) is 29.2 Å². The Labute approximate surface area is 174 Å². The summed E-state index contributed by atoms with van der Waals surface area (Å²) >= 11 is 3.43. The van der Waals surface area contributed by atoms with Crippen LogP contribution in [-0.4, -0.2) is 42.0 Å². The first-order valence-corrected chi connectivity index (χ1v) is 10.6. The molecule has 1 heterocycles. The molecule has 1 atom stereocenters. The van der Waals surface area contributed by atoms with E-state index in [4.69, 9.17) is 9.47 Å². The summed E-state index contributed by atoms with van der Waals surface area (Å²) in [5.74, 6) is 1.81. The quantitative estimate of drug-likeness (QED) is 0.503. The lowest BCUT2D eigenvalue weighted by atomic mass is 9.86. The fraction of sp³-hybridized carbons (Fsp3) is 0.409. The third-order valence-electron chi connectivity index (χ3n) is 5.17. The molecule has 6 heteroatoms. The van der Waals surface area contributed by atoms with Crippen molar-refractivity contribution < 1.29 is 19.4 Å². The van der Waals surface area contributed by atoms with E-state index >= 15 is 0 Å². The lowest BCUT2D eigenvalue weighted by Gasteiger charge is -2.39. The molecular weight excluding hydrogens is 422 g/mol. The highest BCUT2D eigenvalue weighted by Crippen LogP contribution is 2.43. The zero-order chi connectivity index (χ0) is 20.1. The largest absolute Gasteiger partial charge is 0.508 e. The van der Waals surface area contributed by atoms with Gasteiger partial charge in [-0.3, -0.25) is 4.79 Å². The van der Waals surface area contributed by atoms with Crippen molar-refractivity contribution >= 4 is 21.8 Å². The van der Waals surface area contributed by atoms with Crippen LogP contribution < -0.4 is 9.47 Å². The molecule has 0 aromatic heterocycles. The van der Waals surface area contributed by atoms with Crippen molar-refractivity contribution in [1.82, 2.24) is 4.90 Å². The van der Waals surface area contributed by atoms with Crippen molar-refractivity contribution in [3.05, 3.63) is 53.1 Å². The first-order chi connectivity index (χ1) is 13.6. The van der Waals surface area contributed by atoms with Crippen molar-refractivity contribution in [2.75, 3.05) is 26.1 Å². The highest BCUT2D eigenvalue weighted by Gasteiger charge is 2.34. The van der Waals surface area contributed by atoms with Gasteiger partial charge in [-0.05, 0) is 48.6 Å². The Kier molecular flexibility index (Phi) is 6.83. The molecule has 1 unspecified atom stereocenters. The van der Waals surface area contributed by atoms with E-state index in [1.54, 1.807) is 26.4 Å². The van der Waals surface area contributed by atoms with E-state index in [9.17, 15) is 9.90 Å². The Morgan fingerprint density at radius 1 is 1.18 bits per heavy atom. The first kappa shape index (κ1) is 20.5. The standard InChI is InChI=1S/C22H26BrNO4/c1-27-18-13-16-10-12-24(20(26)5-3-4-11-23)22(21(16)19(14-18)28-2)15-6-8-17(25)9-7-15/h6-9,13-14,22,25H,3-5,10-12H2,1-2H3. The van der Waals surface area contributed by atoms with Gasteiger partial charge in [0.15, 0.2) is 0 Å². The van der Waals surface area contributed by atoms with Crippen LogP contribution in [0.4, 0.5) is 0 Å². The molecule has 0 aliphatic carbocycles. The summed E-state index contributed by atoms with van der Waals surface area (Å²) < 4.78 is 11.1. The van der Waals surface area contributed by atoms with Gasteiger partial charge in [-0.1, -0.05) is 28.1 Å². The number of aromatic hydroxyl groups is 1. The maximum absolute atomic E-state index is 13.1. The summed E-state index contributed by atoms with van der Waals surface area (Å²) in [4.78, 5) is 15.0. The Morgan fingerprint density at radius 2 is 1.93 bits per heavy atom. The smallest absolute Gasteiger partial charge is 0.223 e. The van der Waals surface area contributed by atoms with Crippen molar-refractivity contribution in [2.45, 2.75) is 31.7 Å². The van der Waals surface area contributed by atoms with Crippen LogP contribution in [0.1, 0.15) is 42.0 Å². The molecular formula is C22H26BrNO4. The highest BCUT2D eigenvalue weighted by atomic mass is 79.9. The first-order valence-electron chi connectivity index (χ1n) is 9.48. The summed E-state index contributed by atoms with van der Waals surface area (Å²) in [5.41, 5.74) is 3.07.